The highest BCUT2D eigenvalue weighted by Crippen LogP contribution is 2.23. The Labute approximate surface area is 176 Å². The topological polar surface area (TPSA) is 59.3 Å². The number of likely N-dealkylation sites (tertiary alicyclic amines) is 1. The number of piperidine rings is 1. The van der Waals surface area contributed by atoms with E-state index in [0.717, 1.165) is 37.3 Å². The fraction of sp³-hybridized carbons (Fsp3) is 0.619. The maximum atomic E-state index is 13.4. The zero-order valence-electron chi connectivity index (χ0n) is 17.3. The Morgan fingerprint density at radius 2 is 1.93 bits per heavy atom. The molecular weight excluding hydrogens is 392 g/mol. The van der Waals surface area contributed by atoms with E-state index in [1.165, 1.54) is 0 Å². The molecule has 8 heteroatoms. The molecule has 0 saturated carbocycles. The fourth-order valence-corrected chi connectivity index (χ4v) is 4.56. The highest BCUT2D eigenvalue weighted by Gasteiger charge is 2.31. The first kappa shape index (κ1) is 20.6. The van der Waals surface area contributed by atoms with E-state index in [1.807, 2.05) is 41.5 Å². The van der Waals surface area contributed by atoms with Crippen LogP contribution in [0.15, 0.2) is 18.3 Å². The minimum Gasteiger partial charge on any atom is -0.381 e. The molecule has 0 unspecified atom stereocenters. The molecule has 0 aromatic carbocycles. The van der Waals surface area contributed by atoms with Crippen molar-refractivity contribution in [2.45, 2.75) is 51.5 Å². The van der Waals surface area contributed by atoms with Crippen molar-refractivity contribution in [1.29, 1.82) is 0 Å². The maximum Gasteiger partial charge on any atom is 0.274 e. The summed E-state index contributed by atoms with van der Waals surface area (Å²) in [6.07, 6.45) is 4.20. The monoisotopic (exact) mass is 420 g/mol. The van der Waals surface area contributed by atoms with Crippen LogP contribution in [0.4, 0.5) is 0 Å². The lowest BCUT2D eigenvalue weighted by Gasteiger charge is -2.35. The van der Waals surface area contributed by atoms with Gasteiger partial charge >= 0.3 is 0 Å². The Bertz CT molecular complexity index is 868. The van der Waals surface area contributed by atoms with Crippen LogP contribution in [0.2, 0.25) is 5.02 Å². The van der Waals surface area contributed by atoms with Gasteiger partial charge in [0.15, 0.2) is 5.69 Å². The van der Waals surface area contributed by atoms with Crippen LogP contribution in [-0.4, -0.2) is 76.7 Å². The first-order chi connectivity index (χ1) is 13.9. The van der Waals surface area contributed by atoms with Gasteiger partial charge in [-0.3, -0.25) is 9.69 Å². The second-order valence-electron chi connectivity index (χ2n) is 8.16. The number of aromatic nitrogens is 2. The normalized spacial score (nSPS) is 24.3. The molecule has 2 atom stereocenters. The Balaban J connectivity index is 1.64. The van der Waals surface area contributed by atoms with Crippen molar-refractivity contribution < 1.29 is 14.3 Å². The number of hydrogen-bond donors (Lipinski definition) is 0. The summed E-state index contributed by atoms with van der Waals surface area (Å²) in [5, 5.41) is 0.627. The van der Waals surface area contributed by atoms with Gasteiger partial charge in [0, 0.05) is 46.0 Å². The number of rotatable bonds is 4. The highest BCUT2D eigenvalue weighted by molar-refractivity contribution is 6.30. The fourth-order valence-electron chi connectivity index (χ4n) is 4.40. The molecule has 2 saturated heterocycles. The van der Waals surface area contributed by atoms with Crippen molar-refractivity contribution in [2.24, 2.45) is 0 Å². The summed E-state index contributed by atoms with van der Waals surface area (Å²) in [7, 11) is 1.77. The number of pyridine rings is 1. The van der Waals surface area contributed by atoms with Crippen LogP contribution in [0.25, 0.3) is 5.65 Å². The number of ether oxygens (including phenoxy) is 2. The number of imidazole rings is 1. The number of amides is 1. The molecule has 158 valence electrons. The summed E-state index contributed by atoms with van der Waals surface area (Å²) < 4.78 is 13.2. The van der Waals surface area contributed by atoms with Crippen molar-refractivity contribution in [3.8, 4) is 0 Å². The van der Waals surface area contributed by atoms with E-state index in [1.54, 1.807) is 7.11 Å². The molecular formula is C21H29ClN4O3. The molecule has 0 N–H and O–H groups in total. The highest BCUT2D eigenvalue weighted by atomic mass is 35.5. The number of nitrogens with zero attached hydrogens (tertiary/aromatic N) is 4. The van der Waals surface area contributed by atoms with Gasteiger partial charge in [0.2, 0.25) is 0 Å². The number of morpholine rings is 1. The van der Waals surface area contributed by atoms with Crippen LogP contribution >= 0.6 is 11.6 Å². The van der Waals surface area contributed by atoms with E-state index in [4.69, 9.17) is 26.1 Å². The van der Waals surface area contributed by atoms with Crippen molar-refractivity contribution in [2.75, 3.05) is 33.3 Å². The zero-order valence-corrected chi connectivity index (χ0v) is 18.1. The van der Waals surface area contributed by atoms with Gasteiger partial charge in [0.05, 0.1) is 29.0 Å². The second-order valence-corrected chi connectivity index (χ2v) is 8.60. The molecule has 2 aliphatic heterocycles. The predicted octanol–water partition coefficient (Wildman–Crippen LogP) is 2.85. The van der Waals surface area contributed by atoms with Crippen LogP contribution in [-0.2, 0) is 16.0 Å². The van der Waals surface area contributed by atoms with Crippen LogP contribution in [0.1, 0.15) is 42.9 Å². The molecule has 1 amide bonds. The van der Waals surface area contributed by atoms with E-state index in [9.17, 15) is 4.79 Å². The van der Waals surface area contributed by atoms with Crippen LogP contribution in [0.5, 0.6) is 0 Å². The Hall–Kier alpha value is -1.67. The van der Waals surface area contributed by atoms with Gasteiger partial charge in [-0.25, -0.2) is 4.98 Å². The van der Waals surface area contributed by atoms with Gasteiger partial charge in [-0.2, -0.15) is 0 Å². The van der Waals surface area contributed by atoms with Gasteiger partial charge in [-0.1, -0.05) is 11.6 Å². The average molecular weight is 421 g/mol. The first-order valence-electron chi connectivity index (χ1n) is 10.3. The predicted molar refractivity (Wildman–Crippen MR) is 111 cm³/mol. The Kier molecular flexibility index (Phi) is 6.11. The van der Waals surface area contributed by atoms with E-state index in [-0.39, 0.29) is 18.1 Å². The van der Waals surface area contributed by atoms with E-state index >= 15 is 0 Å². The molecule has 2 aromatic rings. The lowest BCUT2D eigenvalue weighted by atomic mass is 10.1. The Morgan fingerprint density at radius 3 is 2.59 bits per heavy atom. The molecule has 29 heavy (non-hydrogen) atoms. The third-order valence-electron chi connectivity index (χ3n) is 5.83. The van der Waals surface area contributed by atoms with E-state index in [2.05, 4.69) is 4.90 Å². The van der Waals surface area contributed by atoms with E-state index in [0.29, 0.717) is 36.5 Å². The summed E-state index contributed by atoms with van der Waals surface area (Å²) in [5.74, 6) is -0.0337. The third kappa shape index (κ3) is 4.43. The molecule has 2 aliphatic rings. The molecule has 0 spiro atoms. The second kappa shape index (κ2) is 8.60. The molecule has 7 nitrogen and oxygen atoms in total. The van der Waals surface area contributed by atoms with Gasteiger partial charge < -0.3 is 18.8 Å². The van der Waals surface area contributed by atoms with Crippen LogP contribution in [0.3, 0.4) is 0 Å². The third-order valence-corrected chi connectivity index (χ3v) is 6.06. The standard InChI is InChI=1S/C21H29ClN4O3/c1-14-10-25(11-15(2)29-14)21(27)20-18(13-24-8-6-17(28-3)7-9-24)26-12-16(22)4-5-19(26)23-20/h4-5,12,14-15,17H,6-11,13H2,1-3H3/t14-,15+. The average Bonchev–Trinajstić information content (AvgIpc) is 3.05. The molecule has 0 aliphatic carbocycles. The SMILES string of the molecule is COC1CCN(Cc2c(C(=O)N3C[C@@H](C)O[C@@H](C)C3)nc3ccc(Cl)cn23)CC1. The quantitative estimate of drug-likeness (QED) is 0.761. The van der Waals surface area contributed by atoms with Gasteiger partial charge in [0.1, 0.15) is 5.65 Å². The molecule has 0 bridgehead atoms. The summed E-state index contributed by atoms with van der Waals surface area (Å²) >= 11 is 6.26. The number of carbonyl (C=O) groups is 1. The van der Waals surface area contributed by atoms with Crippen molar-refractivity contribution in [1.82, 2.24) is 19.2 Å². The molecule has 0 radical (unpaired) electrons. The summed E-state index contributed by atoms with van der Waals surface area (Å²) in [4.78, 5) is 22.4. The number of methoxy groups -OCH3 is 1. The van der Waals surface area contributed by atoms with Gasteiger partial charge in [0.25, 0.3) is 5.91 Å². The largest absolute Gasteiger partial charge is 0.381 e. The number of hydrogen-bond acceptors (Lipinski definition) is 5. The van der Waals surface area contributed by atoms with Gasteiger partial charge in [-0.15, -0.1) is 0 Å². The number of fused-ring (bicyclic) bond motifs is 1. The van der Waals surface area contributed by atoms with Crippen molar-refractivity contribution in [3.63, 3.8) is 0 Å². The van der Waals surface area contributed by atoms with Crippen molar-refractivity contribution in [3.05, 3.63) is 34.7 Å². The smallest absolute Gasteiger partial charge is 0.274 e. The van der Waals surface area contributed by atoms with Crippen LogP contribution in [0, 0.1) is 0 Å². The van der Waals surface area contributed by atoms with Crippen molar-refractivity contribution >= 4 is 23.2 Å². The first-order valence-corrected chi connectivity index (χ1v) is 10.7. The van der Waals surface area contributed by atoms with Gasteiger partial charge in [-0.05, 0) is 38.8 Å². The minimum absolute atomic E-state index is 0.0192. The molecule has 4 rings (SSSR count). The lowest BCUT2D eigenvalue weighted by molar-refractivity contribution is -0.0587. The zero-order chi connectivity index (χ0) is 20.5. The summed E-state index contributed by atoms with van der Waals surface area (Å²) in [6.45, 7) is 7.69. The maximum absolute atomic E-state index is 13.4. The lowest BCUT2D eigenvalue weighted by Crippen LogP contribution is -2.48. The molecule has 2 aromatic heterocycles. The molecule has 2 fully saturated rings. The number of halogens is 1. The van der Waals surface area contributed by atoms with E-state index < -0.39 is 0 Å². The van der Waals surface area contributed by atoms with Crippen LogP contribution < -0.4 is 0 Å². The minimum atomic E-state index is -0.0337. The summed E-state index contributed by atoms with van der Waals surface area (Å²) in [5.41, 5.74) is 2.16. The number of carbonyl (C=O) groups excluding carboxylic acids is 1. The summed E-state index contributed by atoms with van der Waals surface area (Å²) in [6, 6.07) is 3.68. The Morgan fingerprint density at radius 1 is 1.24 bits per heavy atom. The molecule has 4 heterocycles.